The summed E-state index contributed by atoms with van der Waals surface area (Å²) in [6.07, 6.45) is 1.48. The second-order valence-electron chi connectivity index (χ2n) is 4.46. The number of nitrogens with one attached hydrogen (secondary N) is 1. The molecule has 0 bridgehead atoms. The first kappa shape index (κ1) is 14.3. The van der Waals surface area contributed by atoms with Crippen LogP contribution in [0.3, 0.4) is 0 Å². The quantitative estimate of drug-likeness (QED) is 0.737. The Kier molecular flexibility index (Phi) is 3.45. The van der Waals surface area contributed by atoms with Crippen molar-refractivity contribution in [3.8, 4) is 11.5 Å². The third kappa shape index (κ3) is 2.26. The van der Waals surface area contributed by atoms with Crippen molar-refractivity contribution in [3.63, 3.8) is 0 Å². The Morgan fingerprint density at radius 2 is 2.27 bits per heavy atom. The lowest BCUT2D eigenvalue weighted by Gasteiger charge is -2.22. The van der Waals surface area contributed by atoms with Crippen LogP contribution in [0, 0.1) is 0 Å². The van der Waals surface area contributed by atoms with Gasteiger partial charge in [-0.3, -0.25) is 0 Å². The molecule has 0 radical (unpaired) electrons. The fourth-order valence-corrected chi connectivity index (χ4v) is 2.60. The molecule has 1 atom stereocenters. The Morgan fingerprint density at radius 3 is 2.95 bits per heavy atom. The van der Waals surface area contributed by atoms with Gasteiger partial charge in [0.2, 0.25) is 5.95 Å². The summed E-state index contributed by atoms with van der Waals surface area (Å²) in [5.74, 6) is -0.695. The summed E-state index contributed by atoms with van der Waals surface area (Å²) in [7, 11) is 1.43. The highest BCUT2D eigenvalue weighted by Gasteiger charge is 2.27. The number of rotatable bonds is 3. The number of carbonyl (C=O) groups is 1. The van der Waals surface area contributed by atoms with Crippen LogP contribution in [0.1, 0.15) is 11.6 Å². The molecule has 0 amide bonds. The SMILES string of the molecule is COc1cc(C2C=C(C(=O)O)Nc3nnnn32)cc(Br)c1O. The monoisotopic (exact) mass is 367 g/mol. The molecule has 1 aromatic carbocycles. The van der Waals surface area contributed by atoms with Crippen LogP contribution in [-0.2, 0) is 4.79 Å². The van der Waals surface area contributed by atoms with Crippen LogP contribution in [0.15, 0.2) is 28.4 Å². The van der Waals surface area contributed by atoms with Crippen LogP contribution in [0.4, 0.5) is 5.95 Å². The Bertz CT molecular complexity index is 788. The third-order valence-electron chi connectivity index (χ3n) is 3.17. The van der Waals surface area contributed by atoms with Gasteiger partial charge in [-0.25, -0.2) is 4.79 Å². The number of fused-ring (bicyclic) bond motifs is 1. The summed E-state index contributed by atoms with van der Waals surface area (Å²) < 4.78 is 6.96. The zero-order valence-electron chi connectivity index (χ0n) is 11.2. The van der Waals surface area contributed by atoms with Crippen molar-refractivity contribution in [2.45, 2.75) is 6.04 Å². The van der Waals surface area contributed by atoms with Crippen LogP contribution in [-0.4, -0.2) is 43.5 Å². The number of carboxylic acids is 1. The number of hydrogen-bond acceptors (Lipinski definition) is 7. The largest absolute Gasteiger partial charge is 0.503 e. The molecule has 2 heterocycles. The van der Waals surface area contributed by atoms with Crippen LogP contribution in [0.5, 0.6) is 11.5 Å². The minimum atomic E-state index is -1.12. The zero-order valence-corrected chi connectivity index (χ0v) is 12.8. The number of nitrogens with zero attached hydrogens (tertiary/aromatic N) is 4. The molecule has 1 unspecified atom stereocenters. The van der Waals surface area contributed by atoms with Gasteiger partial charge in [0.1, 0.15) is 11.7 Å². The number of methoxy groups -OCH3 is 1. The van der Waals surface area contributed by atoms with E-state index in [1.54, 1.807) is 12.1 Å². The Morgan fingerprint density at radius 1 is 1.50 bits per heavy atom. The van der Waals surface area contributed by atoms with Crippen molar-refractivity contribution in [1.82, 2.24) is 20.2 Å². The molecule has 0 spiro atoms. The minimum Gasteiger partial charge on any atom is -0.503 e. The third-order valence-corrected chi connectivity index (χ3v) is 3.77. The maximum absolute atomic E-state index is 11.2. The summed E-state index contributed by atoms with van der Waals surface area (Å²) in [5, 5.41) is 32.8. The molecule has 10 heteroatoms. The summed E-state index contributed by atoms with van der Waals surface area (Å²) in [6, 6.07) is 2.69. The molecule has 2 aromatic rings. The topological polar surface area (TPSA) is 122 Å². The normalized spacial score (nSPS) is 16.5. The van der Waals surface area contributed by atoms with Crippen molar-refractivity contribution in [2.75, 3.05) is 12.4 Å². The maximum atomic E-state index is 11.2. The Balaban J connectivity index is 2.15. The molecule has 22 heavy (non-hydrogen) atoms. The van der Waals surface area contributed by atoms with E-state index in [2.05, 4.69) is 36.8 Å². The molecule has 1 aliphatic heterocycles. The molecule has 0 saturated carbocycles. The van der Waals surface area contributed by atoms with E-state index >= 15 is 0 Å². The smallest absolute Gasteiger partial charge is 0.352 e. The van der Waals surface area contributed by atoms with Gasteiger partial charge in [0.05, 0.1) is 11.6 Å². The van der Waals surface area contributed by atoms with Crippen LogP contribution in [0.25, 0.3) is 0 Å². The second-order valence-corrected chi connectivity index (χ2v) is 5.31. The first-order chi connectivity index (χ1) is 10.5. The maximum Gasteiger partial charge on any atom is 0.352 e. The number of tetrazole rings is 1. The molecular weight excluding hydrogens is 358 g/mol. The van der Waals surface area contributed by atoms with Gasteiger partial charge in [-0.1, -0.05) is 5.10 Å². The number of aromatic nitrogens is 4. The average Bonchev–Trinajstić information content (AvgIpc) is 2.97. The van der Waals surface area contributed by atoms with Gasteiger partial charge in [0, 0.05) is 0 Å². The highest BCUT2D eigenvalue weighted by molar-refractivity contribution is 9.10. The van der Waals surface area contributed by atoms with Gasteiger partial charge in [0.25, 0.3) is 0 Å². The van der Waals surface area contributed by atoms with Gasteiger partial charge in [-0.15, -0.1) is 0 Å². The fraction of sp³-hybridized carbons (Fsp3) is 0.167. The molecule has 0 saturated heterocycles. The van der Waals surface area contributed by atoms with Crippen LogP contribution in [0.2, 0.25) is 0 Å². The predicted octanol–water partition coefficient (Wildman–Crippen LogP) is 1.13. The number of ether oxygens (including phenoxy) is 1. The van der Waals surface area contributed by atoms with Gasteiger partial charge in [-0.05, 0) is 50.1 Å². The molecule has 9 nitrogen and oxygen atoms in total. The Hall–Kier alpha value is -2.62. The van der Waals surface area contributed by atoms with Gasteiger partial charge < -0.3 is 20.3 Å². The van der Waals surface area contributed by atoms with E-state index in [1.165, 1.54) is 17.9 Å². The van der Waals surface area contributed by atoms with E-state index in [0.29, 0.717) is 10.0 Å². The summed E-state index contributed by atoms with van der Waals surface area (Å²) in [6.45, 7) is 0. The highest BCUT2D eigenvalue weighted by atomic mass is 79.9. The number of anilines is 1. The van der Waals surface area contributed by atoms with E-state index in [9.17, 15) is 15.0 Å². The lowest BCUT2D eigenvalue weighted by atomic mass is 10.0. The van der Waals surface area contributed by atoms with Crippen molar-refractivity contribution >= 4 is 27.8 Å². The number of carboxylic acid groups (broad SMARTS) is 1. The van der Waals surface area contributed by atoms with E-state index < -0.39 is 12.0 Å². The van der Waals surface area contributed by atoms with Crippen LogP contribution >= 0.6 is 15.9 Å². The molecule has 3 rings (SSSR count). The number of allylic oxidation sites excluding steroid dienone is 1. The zero-order chi connectivity index (χ0) is 15.9. The van der Waals surface area contributed by atoms with Gasteiger partial charge >= 0.3 is 5.97 Å². The Labute approximate surface area is 132 Å². The summed E-state index contributed by atoms with van der Waals surface area (Å²) in [4.78, 5) is 11.2. The molecule has 0 aliphatic carbocycles. The number of aliphatic carboxylic acids is 1. The molecule has 1 aromatic heterocycles. The molecule has 3 N–H and O–H groups in total. The van der Waals surface area contributed by atoms with Crippen molar-refractivity contribution in [3.05, 3.63) is 33.9 Å². The van der Waals surface area contributed by atoms with Crippen LogP contribution < -0.4 is 10.1 Å². The number of benzene rings is 1. The van der Waals surface area contributed by atoms with Crippen molar-refractivity contribution in [2.24, 2.45) is 0 Å². The molecule has 1 aliphatic rings. The lowest BCUT2D eigenvalue weighted by Crippen LogP contribution is -2.24. The summed E-state index contributed by atoms with van der Waals surface area (Å²) in [5.41, 5.74) is 0.616. The number of phenols is 1. The fourth-order valence-electron chi connectivity index (χ4n) is 2.14. The van der Waals surface area contributed by atoms with Gasteiger partial charge in [0.15, 0.2) is 11.5 Å². The standard InChI is InChI=1S/C12H10BrN5O4/c1-22-9-3-5(2-6(13)10(9)19)8-4-7(11(20)21)14-12-15-16-17-18(8)12/h2-4,8,19H,1H3,(H,20,21)(H,14,15,17). The number of phenolic OH excluding ortho intramolecular Hbond substituents is 1. The average molecular weight is 368 g/mol. The van der Waals surface area contributed by atoms with E-state index in [4.69, 9.17) is 4.74 Å². The highest BCUT2D eigenvalue weighted by Crippen LogP contribution is 2.39. The molecule has 114 valence electrons. The van der Waals surface area contributed by atoms with Crippen molar-refractivity contribution < 1.29 is 19.7 Å². The van der Waals surface area contributed by atoms with Crippen molar-refractivity contribution in [1.29, 1.82) is 0 Å². The molecular formula is C12H10BrN5O4. The first-order valence-electron chi connectivity index (χ1n) is 6.07. The number of halogens is 1. The predicted molar refractivity (Wildman–Crippen MR) is 77.7 cm³/mol. The van der Waals surface area contributed by atoms with Gasteiger partial charge in [-0.2, -0.15) is 4.68 Å². The van der Waals surface area contributed by atoms with E-state index in [1.807, 2.05) is 0 Å². The van der Waals surface area contributed by atoms with E-state index in [-0.39, 0.29) is 23.1 Å². The number of aromatic hydroxyl groups is 1. The van der Waals surface area contributed by atoms with E-state index in [0.717, 1.165) is 0 Å². The second kappa shape index (κ2) is 5.30. The lowest BCUT2D eigenvalue weighted by molar-refractivity contribution is -0.132. The molecule has 0 fully saturated rings. The first-order valence-corrected chi connectivity index (χ1v) is 6.87. The summed E-state index contributed by atoms with van der Waals surface area (Å²) >= 11 is 3.24. The number of hydrogen-bond donors (Lipinski definition) is 3. The minimum absolute atomic E-state index is 0.0320.